The van der Waals surface area contributed by atoms with Crippen molar-refractivity contribution < 1.29 is 14.3 Å². The van der Waals surface area contributed by atoms with Gasteiger partial charge in [0, 0.05) is 12.7 Å². The van der Waals surface area contributed by atoms with Crippen molar-refractivity contribution in [2.24, 2.45) is 5.92 Å². The van der Waals surface area contributed by atoms with Crippen molar-refractivity contribution in [1.29, 1.82) is 0 Å². The summed E-state index contributed by atoms with van der Waals surface area (Å²) in [5.74, 6) is 0.141. The molecule has 2 aromatic carbocycles. The summed E-state index contributed by atoms with van der Waals surface area (Å²) >= 11 is 0. The average Bonchev–Trinajstić information content (AvgIpc) is 2.74. The molecule has 3 rings (SSSR count). The van der Waals surface area contributed by atoms with Gasteiger partial charge in [-0.05, 0) is 62.4 Å². The summed E-state index contributed by atoms with van der Waals surface area (Å²) in [5.41, 5.74) is 2.41. The van der Waals surface area contributed by atoms with Crippen molar-refractivity contribution in [3.05, 3.63) is 65.7 Å². The fraction of sp³-hybridized carbons (Fsp3) is 0.391. The Morgan fingerprint density at radius 1 is 1.17 bits per heavy atom. The van der Waals surface area contributed by atoms with E-state index in [1.54, 1.807) is 38.2 Å². The van der Waals surface area contributed by atoms with Crippen LogP contribution in [-0.2, 0) is 11.2 Å². The Bertz CT molecular complexity index is 825. The Labute approximate surface area is 172 Å². The molecule has 2 amide bonds. The quantitative estimate of drug-likeness (QED) is 0.734. The molecule has 1 aliphatic heterocycles. The zero-order valence-electron chi connectivity index (χ0n) is 17.1. The Balaban J connectivity index is 1.57. The number of nitrogens with zero attached hydrogens (tertiary/aromatic N) is 1. The van der Waals surface area contributed by atoms with Gasteiger partial charge in [-0.25, -0.2) is 9.59 Å². The maximum atomic E-state index is 12.7. The molecule has 1 heterocycles. The number of hydrogen-bond donors (Lipinski definition) is 2. The number of rotatable bonds is 6. The first kappa shape index (κ1) is 20.9. The Morgan fingerprint density at radius 2 is 1.97 bits per heavy atom. The van der Waals surface area contributed by atoms with Gasteiger partial charge in [-0.15, -0.1) is 0 Å². The van der Waals surface area contributed by atoms with Gasteiger partial charge in [0.05, 0.1) is 18.3 Å². The summed E-state index contributed by atoms with van der Waals surface area (Å²) < 4.78 is 5.04. The summed E-state index contributed by atoms with van der Waals surface area (Å²) in [6, 6.07) is 17.2. The summed E-state index contributed by atoms with van der Waals surface area (Å²) in [6.45, 7) is 2.96. The van der Waals surface area contributed by atoms with Crippen LogP contribution in [0.15, 0.2) is 54.6 Å². The fourth-order valence-corrected chi connectivity index (χ4v) is 3.66. The summed E-state index contributed by atoms with van der Waals surface area (Å²) in [4.78, 5) is 26.2. The number of esters is 1. The van der Waals surface area contributed by atoms with Crippen molar-refractivity contribution in [3.8, 4) is 0 Å². The first-order chi connectivity index (χ1) is 14.1. The number of ether oxygens (including phenoxy) is 1. The maximum absolute atomic E-state index is 12.7. The molecule has 0 radical (unpaired) electrons. The Morgan fingerprint density at radius 3 is 2.72 bits per heavy atom. The van der Waals surface area contributed by atoms with Crippen LogP contribution in [0.2, 0.25) is 0 Å². The van der Waals surface area contributed by atoms with Crippen molar-refractivity contribution in [2.75, 3.05) is 25.1 Å². The molecule has 0 aliphatic carbocycles. The van der Waals surface area contributed by atoms with Crippen LogP contribution in [-0.4, -0.2) is 38.4 Å². The molecule has 0 bridgehead atoms. The van der Waals surface area contributed by atoms with Gasteiger partial charge in [0.2, 0.25) is 0 Å². The van der Waals surface area contributed by atoms with Crippen molar-refractivity contribution in [1.82, 2.24) is 10.6 Å². The van der Waals surface area contributed by atoms with Crippen LogP contribution < -0.4 is 15.5 Å². The van der Waals surface area contributed by atoms with Crippen LogP contribution >= 0.6 is 0 Å². The van der Waals surface area contributed by atoms with Gasteiger partial charge in [0.15, 0.2) is 0 Å². The van der Waals surface area contributed by atoms with Gasteiger partial charge in [0.25, 0.3) is 0 Å². The lowest BCUT2D eigenvalue weighted by Crippen LogP contribution is -2.53. The molecular formula is C23H29N3O3. The van der Waals surface area contributed by atoms with Gasteiger partial charge in [-0.2, -0.15) is 0 Å². The molecule has 1 fully saturated rings. The highest BCUT2D eigenvalue weighted by molar-refractivity contribution is 5.95. The lowest BCUT2D eigenvalue weighted by atomic mass is 9.89. The number of amides is 2. The second-order valence-corrected chi connectivity index (χ2v) is 7.37. The van der Waals surface area contributed by atoms with Crippen LogP contribution in [0.3, 0.4) is 0 Å². The first-order valence-electron chi connectivity index (χ1n) is 10.2. The highest BCUT2D eigenvalue weighted by Gasteiger charge is 2.24. The van der Waals surface area contributed by atoms with E-state index in [4.69, 9.17) is 4.74 Å². The molecule has 0 saturated carbocycles. The minimum atomic E-state index is -0.388. The Hall–Kier alpha value is -2.86. The Kier molecular flexibility index (Phi) is 7.25. The average molecular weight is 396 g/mol. The van der Waals surface area contributed by atoms with Crippen LogP contribution in [0.25, 0.3) is 0 Å². The number of piperidine rings is 1. The topological polar surface area (TPSA) is 70.7 Å². The largest absolute Gasteiger partial charge is 0.462 e. The zero-order valence-corrected chi connectivity index (χ0v) is 17.1. The smallest absolute Gasteiger partial charge is 0.338 e. The minimum Gasteiger partial charge on any atom is -0.462 e. The van der Waals surface area contributed by atoms with E-state index in [1.165, 1.54) is 10.5 Å². The third-order valence-electron chi connectivity index (χ3n) is 5.23. The third kappa shape index (κ3) is 5.81. The molecule has 154 valence electrons. The van der Waals surface area contributed by atoms with Crippen molar-refractivity contribution in [3.63, 3.8) is 0 Å². The minimum absolute atomic E-state index is 0.0688. The molecule has 2 atom stereocenters. The standard InChI is InChI=1S/C23H29N3O3/c1-3-29-22(27)19-10-7-11-20(16-19)26(2)23(28)25-21-15-18(12-13-24-21)14-17-8-5-4-6-9-17/h4-11,16,18,21,24H,3,12-15H2,1-2H3,(H,25,28)/t18-,21+/m1/s1. The number of anilines is 1. The van der Waals surface area contributed by atoms with E-state index in [9.17, 15) is 9.59 Å². The molecule has 2 N–H and O–H groups in total. The van der Waals surface area contributed by atoms with E-state index in [0.717, 1.165) is 25.8 Å². The molecule has 0 spiro atoms. The normalized spacial score (nSPS) is 18.7. The predicted molar refractivity (Wildman–Crippen MR) is 114 cm³/mol. The summed E-state index contributed by atoms with van der Waals surface area (Å²) in [7, 11) is 1.70. The molecule has 0 aromatic heterocycles. The third-order valence-corrected chi connectivity index (χ3v) is 5.23. The number of hydrogen-bond acceptors (Lipinski definition) is 4. The van der Waals surface area contributed by atoms with Crippen LogP contribution in [0.5, 0.6) is 0 Å². The number of nitrogens with one attached hydrogen (secondary N) is 2. The van der Waals surface area contributed by atoms with Crippen LogP contribution in [0, 0.1) is 5.92 Å². The van der Waals surface area contributed by atoms with Gasteiger partial charge >= 0.3 is 12.0 Å². The van der Waals surface area contributed by atoms with E-state index in [0.29, 0.717) is 23.8 Å². The lowest BCUT2D eigenvalue weighted by molar-refractivity contribution is 0.0526. The molecule has 1 aliphatic rings. The van der Waals surface area contributed by atoms with Gasteiger partial charge in [-0.3, -0.25) is 10.2 Å². The van der Waals surface area contributed by atoms with E-state index in [-0.39, 0.29) is 18.2 Å². The van der Waals surface area contributed by atoms with Gasteiger partial charge in [0.1, 0.15) is 0 Å². The van der Waals surface area contributed by atoms with E-state index >= 15 is 0 Å². The molecule has 6 heteroatoms. The van der Waals surface area contributed by atoms with E-state index in [2.05, 4.69) is 34.9 Å². The maximum Gasteiger partial charge on any atom is 0.338 e. The molecular weight excluding hydrogens is 366 g/mol. The number of carbonyl (C=O) groups excluding carboxylic acids is 2. The number of carbonyl (C=O) groups is 2. The van der Waals surface area contributed by atoms with Crippen molar-refractivity contribution in [2.45, 2.75) is 32.4 Å². The predicted octanol–water partition coefficient (Wildman–Crippen LogP) is 3.58. The second-order valence-electron chi connectivity index (χ2n) is 7.37. The SMILES string of the molecule is CCOC(=O)c1cccc(N(C)C(=O)N[C@H]2C[C@@H](Cc3ccccc3)CCN2)c1. The van der Waals surface area contributed by atoms with Crippen LogP contribution in [0.4, 0.5) is 10.5 Å². The summed E-state index contributed by atoms with van der Waals surface area (Å²) in [6.07, 6.45) is 2.93. The molecule has 6 nitrogen and oxygen atoms in total. The molecule has 2 aromatic rings. The van der Waals surface area contributed by atoms with Crippen LogP contribution in [0.1, 0.15) is 35.7 Å². The highest BCUT2D eigenvalue weighted by atomic mass is 16.5. The van der Waals surface area contributed by atoms with Crippen molar-refractivity contribution >= 4 is 17.7 Å². The molecule has 0 unspecified atom stereocenters. The summed E-state index contributed by atoms with van der Waals surface area (Å²) in [5, 5.41) is 6.45. The lowest BCUT2D eigenvalue weighted by Gasteiger charge is -2.32. The zero-order chi connectivity index (χ0) is 20.6. The first-order valence-corrected chi connectivity index (χ1v) is 10.2. The molecule has 29 heavy (non-hydrogen) atoms. The second kappa shape index (κ2) is 10.1. The highest BCUT2D eigenvalue weighted by Crippen LogP contribution is 2.21. The number of benzene rings is 2. The van der Waals surface area contributed by atoms with E-state index < -0.39 is 0 Å². The van der Waals surface area contributed by atoms with E-state index in [1.807, 2.05) is 6.07 Å². The number of urea groups is 1. The van der Waals surface area contributed by atoms with Gasteiger partial charge in [-0.1, -0.05) is 36.4 Å². The molecule has 1 saturated heterocycles. The fourth-order valence-electron chi connectivity index (χ4n) is 3.66. The monoisotopic (exact) mass is 395 g/mol. The van der Waals surface area contributed by atoms with Gasteiger partial charge < -0.3 is 10.1 Å².